The Morgan fingerprint density at radius 1 is 1.29 bits per heavy atom. The molecule has 2 amide bonds. The van der Waals surface area contributed by atoms with Crippen LogP contribution in [0.15, 0.2) is 0 Å². The third kappa shape index (κ3) is 3.54. The van der Waals surface area contributed by atoms with E-state index in [2.05, 4.69) is 5.32 Å². The van der Waals surface area contributed by atoms with Gasteiger partial charge in [0.25, 0.3) is 0 Å². The maximum absolute atomic E-state index is 12.4. The Kier molecular flexibility index (Phi) is 4.85. The molecule has 2 N–H and O–H groups in total. The van der Waals surface area contributed by atoms with Gasteiger partial charge in [-0.15, -0.1) is 0 Å². The van der Waals surface area contributed by atoms with Crippen LogP contribution < -0.4 is 5.32 Å². The van der Waals surface area contributed by atoms with Crippen LogP contribution >= 0.6 is 0 Å². The van der Waals surface area contributed by atoms with Crippen molar-refractivity contribution in [1.82, 2.24) is 10.2 Å². The van der Waals surface area contributed by atoms with Gasteiger partial charge >= 0.3 is 5.97 Å². The smallest absolute Gasteiger partial charge is 0.326 e. The van der Waals surface area contributed by atoms with Crippen LogP contribution in [0.2, 0.25) is 0 Å². The number of rotatable bonds is 6. The van der Waals surface area contributed by atoms with E-state index < -0.39 is 18.1 Å². The lowest BCUT2D eigenvalue weighted by Crippen LogP contribution is -2.53. The van der Waals surface area contributed by atoms with Gasteiger partial charge in [-0.25, -0.2) is 4.79 Å². The second-order valence-corrected chi connectivity index (χ2v) is 6.17. The molecule has 0 aromatic heterocycles. The molecule has 3 atom stereocenters. The van der Waals surface area contributed by atoms with Gasteiger partial charge in [-0.3, -0.25) is 9.59 Å². The van der Waals surface area contributed by atoms with Gasteiger partial charge in [0.2, 0.25) is 11.8 Å². The van der Waals surface area contributed by atoms with Crippen molar-refractivity contribution in [2.45, 2.75) is 58.0 Å². The highest BCUT2D eigenvalue weighted by molar-refractivity contribution is 5.92. The summed E-state index contributed by atoms with van der Waals surface area (Å²) in [6.07, 6.45) is 3.92. The number of carbonyl (C=O) groups excluding carboxylic acids is 2. The standard InChI is InChI=1S/C15H24N2O4/c1-3-9(2)12(15(20)21)16-13(18)11-5-4-8-17(11)14(19)10-6-7-10/h9-12H,3-8H2,1-2H3,(H,16,18)(H,20,21). The van der Waals surface area contributed by atoms with Crippen LogP contribution in [0.5, 0.6) is 0 Å². The molecule has 6 nitrogen and oxygen atoms in total. The van der Waals surface area contributed by atoms with Gasteiger partial charge in [-0.1, -0.05) is 20.3 Å². The molecule has 1 saturated carbocycles. The minimum atomic E-state index is -1.02. The Morgan fingerprint density at radius 3 is 2.48 bits per heavy atom. The number of hydrogen-bond acceptors (Lipinski definition) is 3. The summed E-state index contributed by atoms with van der Waals surface area (Å²) in [4.78, 5) is 37.5. The topological polar surface area (TPSA) is 86.7 Å². The first-order valence-electron chi connectivity index (χ1n) is 7.79. The Morgan fingerprint density at radius 2 is 1.95 bits per heavy atom. The highest BCUT2D eigenvalue weighted by Gasteiger charge is 2.41. The third-order valence-electron chi connectivity index (χ3n) is 4.54. The molecule has 0 aromatic rings. The number of aliphatic carboxylic acids is 1. The summed E-state index contributed by atoms with van der Waals surface area (Å²) in [7, 11) is 0. The van der Waals surface area contributed by atoms with Gasteiger partial charge in [0.05, 0.1) is 0 Å². The number of likely N-dealkylation sites (tertiary alicyclic amines) is 1. The van der Waals surface area contributed by atoms with Gasteiger partial charge < -0.3 is 15.3 Å². The average Bonchev–Trinajstić information content (AvgIpc) is 3.19. The first-order chi connectivity index (χ1) is 9.95. The molecule has 0 aromatic carbocycles. The predicted octanol–water partition coefficient (Wildman–Crippen LogP) is 1.00. The van der Waals surface area contributed by atoms with Crippen molar-refractivity contribution >= 4 is 17.8 Å². The summed E-state index contributed by atoms with van der Waals surface area (Å²) in [5.74, 6) is -1.34. The van der Waals surface area contributed by atoms with Gasteiger partial charge in [-0.2, -0.15) is 0 Å². The van der Waals surface area contributed by atoms with Crippen LogP contribution in [0, 0.1) is 11.8 Å². The number of hydrogen-bond donors (Lipinski definition) is 2. The van der Waals surface area contributed by atoms with Crippen molar-refractivity contribution in [2.75, 3.05) is 6.54 Å². The molecular weight excluding hydrogens is 272 g/mol. The molecule has 2 fully saturated rings. The summed E-state index contributed by atoms with van der Waals surface area (Å²) >= 11 is 0. The molecule has 1 aliphatic heterocycles. The first kappa shape index (κ1) is 15.8. The van der Waals surface area contributed by atoms with Gasteiger partial charge in [0.1, 0.15) is 12.1 Å². The molecule has 2 rings (SSSR count). The van der Waals surface area contributed by atoms with Crippen LogP contribution in [-0.4, -0.2) is 46.4 Å². The van der Waals surface area contributed by atoms with E-state index in [0.29, 0.717) is 19.4 Å². The highest BCUT2D eigenvalue weighted by Crippen LogP contribution is 2.33. The number of carbonyl (C=O) groups is 3. The van der Waals surface area contributed by atoms with Gasteiger partial charge in [0.15, 0.2) is 0 Å². The Bertz CT molecular complexity index is 433. The largest absolute Gasteiger partial charge is 0.480 e. The average molecular weight is 296 g/mol. The van der Waals surface area contributed by atoms with Crippen LogP contribution in [-0.2, 0) is 14.4 Å². The van der Waals surface area contributed by atoms with Gasteiger partial charge in [0, 0.05) is 12.5 Å². The number of carboxylic acid groups (broad SMARTS) is 1. The molecule has 3 unspecified atom stereocenters. The molecule has 2 aliphatic rings. The monoisotopic (exact) mass is 296 g/mol. The van der Waals surface area contributed by atoms with Crippen LogP contribution in [0.4, 0.5) is 0 Å². The normalized spacial score (nSPS) is 24.5. The van der Waals surface area contributed by atoms with Crippen molar-refractivity contribution in [3.8, 4) is 0 Å². The fraction of sp³-hybridized carbons (Fsp3) is 0.800. The van der Waals surface area contributed by atoms with Crippen molar-refractivity contribution in [3.63, 3.8) is 0 Å². The second kappa shape index (κ2) is 6.45. The van der Waals surface area contributed by atoms with Crippen molar-refractivity contribution in [2.24, 2.45) is 11.8 Å². The van der Waals surface area contributed by atoms with Crippen molar-refractivity contribution < 1.29 is 19.5 Å². The molecule has 0 bridgehead atoms. The van der Waals surface area contributed by atoms with Crippen LogP contribution in [0.25, 0.3) is 0 Å². The van der Waals surface area contributed by atoms with Gasteiger partial charge in [-0.05, 0) is 31.6 Å². The number of nitrogens with one attached hydrogen (secondary N) is 1. The van der Waals surface area contributed by atoms with E-state index in [4.69, 9.17) is 0 Å². The van der Waals surface area contributed by atoms with Crippen molar-refractivity contribution in [3.05, 3.63) is 0 Å². The lowest BCUT2D eigenvalue weighted by molar-refractivity contribution is -0.145. The number of carboxylic acids is 1. The number of amides is 2. The summed E-state index contributed by atoms with van der Waals surface area (Å²) in [6, 6.07) is -1.38. The van der Waals surface area contributed by atoms with Crippen molar-refractivity contribution in [1.29, 1.82) is 0 Å². The molecule has 6 heteroatoms. The maximum atomic E-state index is 12.4. The van der Waals surface area contributed by atoms with E-state index >= 15 is 0 Å². The zero-order valence-electron chi connectivity index (χ0n) is 12.7. The molecule has 118 valence electrons. The number of nitrogens with zero attached hydrogens (tertiary/aromatic N) is 1. The SMILES string of the molecule is CCC(C)C(NC(=O)C1CCCN1C(=O)C1CC1)C(=O)O. The van der Waals surface area contributed by atoms with Crippen LogP contribution in [0.3, 0.4) is 0 Å². The lowest BCUT2D eigenvalue weighted by atomic mass is 9.99. The zero-order valence-corrected chi connectivity index (χ0v) is 12.7. The Labute approximate surface area is 124 Å². The fourth-order valence-electron chi connectivity index (χ4n) is 2.80. The summed E-state index contributed by atoms with van der Waals surface area (Å²) in [5.41, 5.74) is 0. The molecule has 1 saturated heterocycles. The van der Waals surface area contributed by atoms with E-state index in [1.165, 1.54) is 0 Å². The molecule has 21 heavy (non-hydrogen) atoms. The maximum Gasteiger partial charge on any atom is 0.326 e. The molecule has 0 radical (unpaired) electrons. The summed E-state index contributed by atoms with van der Waals surface area (Å²) in [5, 5.41) is 11.9. The molecule has 0 spiro atoms. The third-order valence-corrected chi connectivity index (χ3v) is 4.54. The summed E-state index contributed by atoms with van der Waals surface area (Å²) < 4.78 is 0. The quantitative estimate of drug-likeness (QED) is 0.765. The molecule has 1 heterocycles. The predicted molar refractivity (Wildman–Crippen MR) is 76.5 cm³/mol. The van der Waals surface area contributed by atoms with E-state index in [0.717, 1.165) is 19.3 Å². The van der Waals surface area contributed by atoms with Crippen LogP contribution in [0.1, 0.15) is 46.0 Å². The first-order valence-corrected chi connectivity index (χ1v) is 7.79. The molecule has 1 aliphatic carbocycles. The lowest BCUT2D eigenvalue weighted by Gasteiger charge is -2.27. The van der Waals surface area contributed by atoms with E-state index in [9.17, 15) is 19.5 Å². The second-order valence-electron chi connectivity index (χ2n) is 6.17. The van der Waals surface area contributed by atoms with E-state index in [1.807, 2.05) is 6.92 Å². The summed E-state index contributed by atoms with van der Waals surface area (Å²) in [6.45, 7) is 4.31. The van der Waals surface area contributed by atoms with E-state index in [-0.39, 0.29) is 23.7 Å². The zero-order chi connectivity index (χ0) is 15.6. The Balaban J connectivity index is 2.00. The van der Waals surface area contributed by atoms with E-state index in [1.54, 1.807) is 11.8 Å². The highest BCUT2D eigenvalue weighted by atomic mass is 16.4. The molecular formula is C15H24N2O4. The minimum Gasteiger partial charge on any atom is -0.480 e. The minimum absolute atomic E-state index is 0.0584. The Hall–Kier alpha value is -1.59. The fourth-order valence-corrected chi connectivity index (χ4v) is 2.80.